The minimum atomic E-state index is -0.380. The van der Waals surface area contributed by atoms with Gasteiger partial charge in [-0.2, -0.15) is 0 Å². The molecule has 0 spiro atoms. The highest BCUT2D eigenvalue weighted by atomic mass is 32.1. The maximum atomic E-state index is 13.3. The van der Waals surface area contributed by atoms with Crippen LogP contribution in [0.1, 0.15) is 20.8 Å². The van der Waals surface area contributed by atoms with Gasteiger partial charge in [-0.05, 0) is 42.1 Å². The van der Waals surface area contributed by atoms with Crippen molar-refractivity contribution in [3.63, 3.8) is 0 Å². The Morgan fingerprint density at radius 2 is 1.89 bits per heavy atom. The summed E-state index contributed by atoms with van der Waals surface area (Å²) >= 11 is 1.44. The summed E-state index contributed by atoms with van der Waals surface area (Å²) in [7, 11) is 0. The number of hydrogen-bond acceptors (Lipinski definition) is 2. The number of halogens is 1. The average molecular weight is 270 g/mol. The van der Waals surface area contributed by atoms with Crippen LogP contribution in [0.2, 0.25) is 0 Å². The van der Waals surface area contributed by atoms with Crippen LogP contribution in [-0.2, 0) is 0 Å². The van der Waals surface area contributed by atoms with Gasteiger partial charge in [-0.15, -0.1) is 11.3 Å². The summed E-state index contributed by atoms with van der Waals surface area (Å²) in [6, 6.07) is 14.0. The number of benzene rings is 2. The van der Waals surface area contributed by atoms with Gasteiger partial charge in [0.2, 0.25) is 5.78 Å². The molecular weight excluding hydrogens is 259 g/mol. The van der Waals surface area contributed by atoms with Gasteiger partial charge >= 0.3 is 0 Å². The monoisotopic (exact) mass is 270 g/mol. The lowest BCUT2D eigenvalue weighted by atomic mass is 10.0. The fourth-order valence-corrected chi connectivity index (χ4v) is 3.08. The third kappa shape index (κ3) is 2.17. The summed E-state index contributed by atoms with van der Waals surface area (Å²) < 4.78 is 14.3. The third-order valence-electron chi connectivity index (χ3n) is 3.09. The number of rotatable bonds is 2. The Morgan fingerprint density at radius 1 is 1.11 bits per heavy atom. The van der Waals surface area contributed by atoms with Crippen LogP contribution in [0.25, 0.3) is 10.1 Å². The van der Waals surface area contributed by atoms with Gasteiger partial charge in [0.15, 0.2) is 0 Å². The number of carbonyl (C=O) groups is 1. The molecule has 0 amide bonds. The molecule has 2 aromatic carbocycles. The van der Waals surface area contributed by atoms with Crippen molar-refractivity contribution < 1.29 is 9.18 Å². The lowest BCUT2D eigenvalue weighted by molar-refractivity contribution is 0.104. The van der Waals surface area contributed by atoms with E-state index < -0.39 is 0 Å². The van der Waals surface area contributed by atoms with E-state index in [1.54, 1.807) is 6.07 Å². The van der Waals surface area contributed by atoms with E-state index in [0.717, 1.165) is 15.6 Å². The summed E-state index contributed by atoms with van der Waals surface area (Å²) in [6.45, 7) is 1.82. The van der Waals surface area contributed by atoms with Crippen LogP contribution >= 0.6 is 11.3 Å². The van der Waals surface area contributed by atoms with Crippen LogP contribution in [0.4, 0.5) is 4.39 Å². The predicted octanol–water partition coefficient (Wildman–Crippen LogP) is 4.58. The summed E-state index contributed by atoms with van der Waals surface area (Å²) in [6.07, 6.45) is 0. The number of thiophene rings is 1. The van der Waals surface area contributed by atoms with Crippen molar-refractivity contribution in [2.24, 2.45) is 0 Å². The second-order valence-electron chi connectivity index (χ2n) is 4.44. The third-order valence-corrected chi connectivity index (χ3v) is 4.21. The first-order valence-electron chi connectivity index (χ1n) is 5.94. The zero-order valence-corrected chi connectivity index (χ0v) is 11.1. The van der Waals surface area contributed by atoms with E-state index in [2.05, 4.69) is 0 Å². The SMILES string of the molecule is Cc1ccc(F)cc1C(=O)c1cc2ccccc2s1. The molecule has 0 bridgehead atoms. The van der Waals surface area contributed by atoms with E-state index in [4.69, 9.17) is 0 Å². The quantitative estimate of drug-likeness (QED) is 0.623. The fourth-order valence-electron chi connectivity index (χ4n) is 2.07. The summed E-state index contributed by atoms with van der Waals surface area (Å²) in [5, 5.41) is 1.05. The standard InChI is InChI=1S/C16H11FOS/c1-10-6-7-12(17)9-13(10)16(18)15-8-11-4-2-3-5-14(11)19-15/h2-9H,1H3. The van der Waals surface area contributed by atoms with Crippen LogP contribution < -0.4 is 0 Å². The summed E-state index contributed by atoms with van der Waals surface area (Å²) in [4.78, 5) is 13.1. The smallest absolute Gasteiger partial charge is 0.203 e. The molecular formula is C16H11FOS. The molecule has 0 fully saturated rings. The summed E-state index contributed by atoms with van der Waals surface area (Å²) in [5.74, 6) is -0.492. The Bertz CT molecular complexity index is 740. The van der Waals surface area contributed by atoms with Crippen molar-refractivity contribution in [2.45, 2.75) is 6.92 Å². The lowest BCUT2D eigenvalue weighted by Gasteiger charge is -2.02. The van der Waals surface area contributed by atoms with Crippen LogP contribution in [0, 0.1) is 12.7 Å². The van der Waals surface area contributed by atoms with E-state index >= 15 is 0 Å². The molecule has 3 aromatic rings. The Morgan fingerprint density at radius 3 is 2.68 bits per heavy atom. The minimum absolute atomic E-state index is 0.113. The fraction of sp³-hybridized carbons (Fsp3) is 0.0625. The zero-order chi connectivity index (χ0) is 13.4. The molecule has 0 aliphatic heterocycles. The number of fused-ring (bicyclic) bond motifs is 1. The highest BCUT2D eigenvalue weighted by Gasteiger charge is 2.15. The van der Waals surface area contributed by atoms with E-state index in [9.17, 15) is 9.18 Å². The van der Waals surface area contributed by atoms with Crippen molar-refractivity contribution >= 4 is 27.2 Å². The predicted molar refractivity (Wildman–Crippen MR) is 76.4 cm³/mol. The molecule has 3 rings (SSSR count). The molecule has 0 saturated heterocycles. The topological polar surface area (TPSA) is 17.1 Å². The molecule has 0 radical (unpaired) electrons. The number of hydrogen-bond donors (Lipinski definition) is 0. The normalized spacial score (nSPS) is 10.8. The molecule has 1 aromatic heterocycles. The first kappa shape index (κ1) is 12.1. The lowest BCUT2D eigenvalue weighted by Crippen LogP contribution is -2.02. The first-order valence-corrected chi connectivity index (χ1v) is 6.76. The molecule has 0 unspecified atom stereocenters. The average Bonchev–Trinajstić information content (AvgIpc) is 2.84. The van der Waals surface area contributed by atoms with E-state index in [0.29, 0.717) is 10.4 Å². The van der Waals surface area contributed by atoms with E-state index in [1.807, 2.05) is 37.3 Å². The van der Waals surface area contributed by atoms with Crippen molar-refractivity contribution in [3.05, 3.63) is 70.4 Å². The van der Waals surface area contributed by atoms with Crippen LogP contribution in [-0.4, -0.2) is 5.78 Å². The van der Waals surface area contributed by atoms with Gasteiger partial charge in [0, 0.05) is 10.3 Å². The molecule has 1 nitrogen and oxygen atoms in total. The Labute approximate surface area is 114 Å². The number of aryl methyl sites for hydroxylation is 1. The van der Waals surface area contributed by atoms with Crippen molar-refractivity contribution in [3.8, 4) is 0 Å². The summed E-state index contributed by atoms with van der Waals surface area (Å²) in [5.41, 5.74) is 1.23. The van der Waals surface area contributed by atoms with E-state index in [1.165, 1.54) is 23.5 Å². The van der Waals surface area contributed by atoms with Gasteiger partial charge < -0.3 is 0 Å². The van der Waals surface area contributed by atoms with Gasteiger partial charge in [-0.25, -0.2) is 4.39 Å². The van der Waals surface area contributed by atoms with Crippen LogP contribution in [0.3, 0.4) is 0 Å². The Kier molecular flexibility index (Phi) is 2.91. The van der Waals surface area contributed by atoms with E-state index in [-0.39, 0.29) is 11.6 Å². The van der Waals surface area contributed by atoms with Crippen LogP contribution in [0.15, 0.2) is 48.5 Å². The Hall–Kier alpha value is -2.00. The molecule has 19 heavy (non-hydrogen) atoms. The molecule has 0 aliphatic rings. The molecule has 3 heteroatoms. The maximum Gasteiger partial charge on any atom is 0.203 e. The number of ketones is 1. The second kappa shape index (κ2) is 4.59. The van der Waals surface area contributed by atoms with Gasteiger partial charge in [0.25, 0.3) is 0 Å². The second-order valence-corrected chi connectivity index (χ2v) is 5.52. The molecule has 94 valence electrons. The molecule has 1 heterocycles. The minimum Gasteiger partial charge on any atom is -0.288 e. The van der Waals surface area contributed by atoms with Gasteiger partial charge in [-0.3, -0.25) is 4.79 Å². The molecule has 0 saturated carbocycles. The van der Waals surface area contributed by atoms with Crippen molar-refractivity contribution in [2.75, 3.05) is 0 Å². The highest BCUT2D eigenvalue weighted by molar-refractivity contribution is 7.21. The van der Waals surface area contributed by atoms with Gasteiger partial charge in [-0.1, -0.05) is 24.3 Å². The van der Waals surface area contributed by atoms with Gasteiger partial charge in [0.1, 0.15) is 5.82 Å². The number of carbonyl (C=O) groups excluding carboxylic acids is 1. The van der Waals surface area contributed by atoms with Crippen molar-refractivity contribution in [1.29, 1.82) is 0 Å². The largest absolute Gasteiger partial charge is 0.288 e. The van der Waals surface area contributed by atoms with Crippen molar-refractivity contribution in [1.82, 2.24) is 0 Å². The highest BCUT2D eigenvalue weighted by Crippen LogP contribution is 2.28. The zero-order valence-electron chi connectivity index (χ0n) is 10.3. The van der Waals surface area contributed by atoms with Crippen LogP contribution in [0.5, 0.6) is 0 Å². The first-order chi connectivity index (χ1) is 9.15. The van der Waals surface area contributed by atoms with Gasteiger partial charge in [0.05, 0.1) is 4.88 Å². The molecule has 0 atom stereocenters. The maximum absolute atomic E-state index is 13.3. The Balaban J connectivity index is 2.10. The molecule has 0 aliphatic carbocycles. The molecule has 0 N–H and O–H groups in total.